The number of hydrogen-bond acceptors (Lipinski definition) is 5. The van der Waals surface area contributed by atoms with Crippen LogP contribution < -0.4 is 10.6 Å². The summed E-state index contributed by atoms with van der Waals surface area (Å²) in [6, 6.07) is 10.7. The van der Waals surface area contributed by atoms with Gasteiger partial charge >= 0.3 is 6.18 Å². The van der Waals surface area contributed by atoms with Crippen molar-refractivity contribution in [1.82, 2.24) is 15.2 Å². The molecule has 0 fully saturated rings. The second-order valence-corrected chi connectivity index (χ2v) is 5.95. The molecule has 3 aromatic rings. The van der Waals surface area contributed by atoms with Crippen molar-refractivity contribution in [3.63, 3.8) is 0 Å². The first-order valence-electron chi connectivity index (χ1n) is 8.36. The largest absolute Gasteiger partial charge is 0.416 e. The average Bonchev–Trinajstić information content (AvgIpc) is 2.63. The molecule has 0 aliphatic heterocycles. The summed E-state index contributed by atoms with van der Waals surface area (Å²) in [7, 11) is 0. The zero-order valence-corrected chi connectivity index (χ0v) is 14.8. The Bertz CT molecular complexity index is 923. The molecule has 3 rings (SSSR count). The number of aryl methyl sites for hydroxylation is 2. The summed E-state index contributed by atoms with van der Waals surface area (Å²) >= 11 is 0. The highest BCUT2D eigenvalue weighted by Crippen LogP contribution is 2.30. The molecule has 0 radical (unpaired) electrons. The van der Waals surface area contributed by atoms with Crippen molar-refractivity contribution >= 4 is 23.1 Å². The lowest BCUT2D eigenvalue weighted by molar-refractivity contribution is -0.137. The lowest BCUT2D eigenvalue weighted by atomic mass is 10.1. The Labute approximate surface area is 154 Å². The Morgan fingerprint density at radius 1 is 1.00 bits per heavy atom. The van der Waals surface area contributed by atoms with Gasteiger partial charge in [0.15, 0.2) is 5.82 Å². The number of para-hydroxylation sites is 1. The van der Waals surface area contributed by atoms with Crippen LogP contribution in [-0.4, -0.2) is 15.2 Å². The maximum atomic E-state index is 12.6. The fourth-order valence-corrected chi connectivity index (χ4v) is 2.62. The molecular weight excluding hydrogens is 355 g/mol. The molecule has 0 spiro atoms. The fourth-order valence-electron chi connectivity index (χ4n) is 2.62. The quantitative estimate of drug-likeness (QED) is 0.640. The van der Waals surface area contributed by atoms with Gasteiger partial charge in [-0.3, -0.25) is 0 Å². The number of rotatable bonds is 5. The molecule has 0 saturated heterocycles. The van der Waals surface area contributed by atoms with Crippen molar-refractivity contribution < 1.29 is 13.2 Å². The molecule has 0 saturated carbocycles. The van der Waals surface area contributed by atoms with Crippen LogP contribution >= 0.6 is 0 Å². The van der Waals surface area contributed by atoms with Gasteiger partial charge in [-0.2, -0.15) is 23.3 Å². The summed E-state index contributed by atoms with van der Waals surface area (Å²) in [6.07, 6.45) is -2.02. The smallest absolute Gasteiger partial charge is 0.338 e. The van der Waals surface area contributed by atoms with E-state index in [0.29, 0.717) is 11.5 Å². The van der Waals surface area contributed by atoms with Crippen LogP contribution in [0.2, 0.25) is 0 Å². The summed E-state index contributed by atoms with van der Waals surface area (Å²) in [5.74, 6) is 0.676. The molecule has 0 atom stereocenters. The van der Waals surface area contributed by atoms with Gasteiger partial charge < -0.3 is 10.6 Å². The average molecular weight is 373 g/mol. The van der Waals surface area contributed by atoms with Crippen molar-refractivity contribution in [2.24, 2.45) is 0 Å². The first-order valence-corrected chi connectivity index (χ1v) is 8.36. The number of nitrogens with zero attached hydrogens (tertiary/aromatic N) is 3. The minimum Gasteiger partial charge on any atom is -0.338 e. The number of alkyl halides is 3. The topological polar surface area (TPSA) is 62.7 Å². The first-order chi connectivity index (χ1) is 12.9. The summed E-state index contributed by atoms with van der Waals surface area (Å²) < 4.78 is 37.9. The van der Waals surface area contributed by atoms with E-state index in [1.165, 1.54) is 18.3 Å². The lowest BCUT2D eigenvalue weighted by Crippen LogP contribution is -2.06. The standard InChI is InChI=1S/C19H18F3N5/c1-3-13-6-4-5-12(2)17(13)25-16-11-23-27-18(26-16)24-15-9-7-14(8-10-15)19(20,21)22/h4-11H,3H2,1-2H3,(H2,24,25,26,27). The molecule has 140 valence electrons. The van der Waals surface area contributed by atoms with Gasteiger partial charge in [-0.1, -0.05) is 25.1 Å². The third-order valence-corrected chi connectivity index (χ3v) is 4.02. The number of aromatic nitrogens is 3. The Kier molecular flexibility index (Phi) is 5.25. The zero-order valence-electron chi connectivity index (χ0n) is 14.8. The minimum absolute atomic E-state index is 0.186. The number of benzene rings is 2. The Balaban J connectivity index is 1.78. The number of hydrogen-bond donors (Lipinski definition) is 2. The van der Waals surface area contributed by atoms with Crippen LogP contribution in [0.3, 0.4) is 0 Å². The van der Waals surface area contributed by atoms with E-state index >= 15 is 0 Å². The van der Waals surface area contributed by atoms with Gasteiger partial charge in [0.2, 0.25) is 5.95 Å². The van der Waals surface area contributed by atoms with Crippen LogP contribution in [0.25, 0.3) is 0 Å². The van der Waals surface area contributed by atoms with Crippen LogP contribution in [0.5, 0.6) is 0 Å². The molecule has 1 aromatic heterocycles. The third-order valence-electron chi connectivity index (χ3n) is 4.02. The number of halogens is 3. The van der Waals surface area contributed by atoms with Crippen molar-refractivity contribution in [2.45, 2.75) is 26.4 Å². The molecule has 27 heavy (non-hydrogen) atoms. The molecule has 0 amide bonds. The van der Waals surface area contributed by atoms with Crippen LogP contribution in [-0.2, 0) is 12.6 Å². The highest BCUT2D eigenvalue weighted by Gasteiger charge is 2.29. The molecular formula is C19H18F3N5. The normalized spacial score (nSPS) is 11.3. The Morgan fingerprint density at radius 3 is 2.41 bits per heavy atom. The minimum atomic E-state index is -4.37. The second-order valence-electron chi connectivity index (χ2n) is 5.95. The van der Waals surface area contributed by atoms with Crippen LogP contribution in [0.1, 0.15) is 23.6 Å². The molecule has 0 aliphatic rings. The highest BCUT2D eigenvalue weighted by atomic mass is 19.4. The van der Waals surface area contributed by atoms with E-state index in [1.54, 1.807) is 0 Å². The highest BCUT2D eigenvalue weighted by molar-refractivity contribution is 5.65. The molecule has 2 aromatic carbocycles. The zero-order chi connectivity index (χ0) is 19.4. The summed E-state index contributed by atoms with van der Waals surface area (Å²) in [5, 5.41) is 13.9. The van der Waals surface area contributed by atoms with Crippen molar-refractivity contribution in [3.05, 3.63) is 65.4 Å². The van der Waals surface area contributed by atoms with E-state index in [4.69, 9.17) is 0 Å². The molecule has 0 unspecified atom stereocenters. The first kappa shape index (κ1) is 18.6. The van der Waals surface area contributed by atoms with Crippen molar-refractivity contribution in [2.75, 3.05) is 10.6 Å². The van der Waals surface area contributed by atoms with Gasteiger partial charge in [0.1, 0.15) is 0 Å². The van der Waals surface area contributed by atoms with Gasteiger partial charge in [0, 0.05) is 11.4 Å². The van der Waals surface area contributed by atoms with E-state index in [0.717, 1.165) is 35.4 Å². The molecule has 0 aliphatic carbocycles. The third kappa shape index (κ3) is 4.52. The van der Waals surface area contributed by atoms with Crippen molar-refractivity contribution in [1.29, 1.82) is 0 Å². The maximum absolute atomic E-state index is 12.6. The van der Waals surface area contributed by atoms with E-state index in [2.05, 4.69) is 32.7 Å². The number of anilines is 4. The van der Waals surface area contributed by atoms with E-state index in [9.17, 15) is 13.2 Å². The maximum Gasteiger partial charge on any atom is 0.416 e. The van der Waals surface area contributed by atoms with Crippen LogP contribution in [0.15, 0.2) is 48.7 Å². The molecule has 8 heteroatoms. The van der Waals surface area contributed by atoms with Gasteiger partial charge in [-0.15, -0.1) is 5.10 Å². The monoisotopic (exact) mass is 373 g/mol. The predicted octanol–water partition coefficient (Wildman–Crippen LogP) is 5.25. The number of nitrogens with one attached hydrogen (secondary N) is 2. The van der Waals surface area contributed by atoms with Gasteiger partial charge in [-0.05, 0) is 48.7 Å². The SMILES string of the molecule is CCc1cccc(C)c1Nc1cnnc(Nc2ccc(C(F)(F)F)cc2)n1. The molecule has 5 nitrogen and oxygen atoms in total. The summed E-state index contributed by atoms with van der Waals surface area (Å²) in [5.41, 5.74) is 2.90. The Morgan fingerprint density at radius 2 is 1.74 bits per heavy atom. The van der Waals surface area contributed by atoms with E-state index in [1.807, 2.05) is 25.1 Å². The molecule has 1 heterocycles. The van der Waals surface area contributed by atoms with Crippen molar-refractivity contribution in [3.8, 4) is 0 Å². The van der Waals surface area contributed by atoms with Gasteiger partial charge in [0.05, 0.1) is 11.8 Å². The molecule has 0 bridgehead atoms. The second kappa shape index (κ2) is 7.61. The van der Waals surface area contributed by atoms with Gasteiger partial charge in [-0.25, -0.2) is 0 Å². The summed E-state index contributed by atoms with van der Waals surface area (Å²) in [4.78, 5) is 4.33. The van der Waals surface area contributed by atoms with E-state index in [-0.39, 0.29) is 5.95 Å². The molecule has 2 N–H and O–H groups in total. The Hall–Kier alpha value is -3.16. The predicted molar refractivity (Wildman–Crippen MR) is 98.4 cm³/mol. The van der Waals surface area contributed by atoms with Gasteiger partial charge in [0.25, 0.3) is 0 Å². The summed E-state index contributed by atoms with van der Waals surface area (Å²) in [6.45, 7) is 4.06. The van der Waals surface area contributed by atoms with E-state index < -0.39 is 11.7 Å². The van der Waals surface area contributed by atoms with Crippen LogP contribution in [0.4, 0.5) is 36.3 Å². The fraction of sp³-hybridized carbons (Fsp3) is 0.211. The lowest BCUT2D eigenvalue weighted by Gasteiger charge is -2.13. The van der Waals surface area contributed by atoms with Crippen LogP contribution in [0, 0.1) is 6.92 Å².